The lowest BCUT2D eigenvalue weighted by molar-refractivity contribution is 0.0547. The van der Waals surface area contributed by atoms with E-state index in [-0.39, 0.29) is 11.4 Å². The first kappa shape index (κ1) is 11.4. The van der Waals surface area contributed by atoms with Crippen LogP contribution in [0.1, 0.15) is 10.4 Å². The van der Waals surface area contributed by atoms with Crippen LogP contribution in [-0.2, 0) is 0 Å². The molecule has 0 amide bonds. The fraction of sp³-hybridized carbons (Fsp3) is 0.333. The van der Waals surface area contributed by atoms with Crippen molar-refractivity contribution in [3.63, 3.8) is 0 Å². The third-order valence-electron chi connectivity index (χ3n) is 1.69. The fourth-order valence-electron chi connectivity index (χ4n) is 0.938. The van der Waals surface area contributed by atoms with Gasteiger partial charge < -0.3 is 20.1 Å². The molecule has 0 aliphatic rings. The van der Waals surface area contributed by atoms with Gasteiger partial charge in [0, 0.05) is 6.20 Å². The average Bonchev–Trinajstić information content (AvgIpc) is 2.26. The van der Waals surface area contributed by atoms with E-state index in [9.17, 15) is 4.79 Å². The molecule has 0 fully saturated rings. The Balaban J connectivity index is 2.88. The molecule has 0 bridgehead atoms. The van der Waals surface area contributed by atoms with Crippen LogP contribution in [0, 0.1) is 0 Å². The second-order valence-electron chi connectivity index (χ2n) is 2.77. The van der Waals surface area contributed by atoms with Gasteiger partial charge in [-0.2, -0.15) is 0 Å². The van der Waals surface area contributed by atoms with Gasteiger partial charge in [0.1, 0.15) is 11.7 Å². The monoisotopic (exact) mass is 213 g/mol. The molecule has 6 nitrogen and oxygen atoms in total. The van der Waals surface area contributed by atoms with E-state index < -0.39 is 25.3 Å². The quantitative estimate of drug-likeness (QED) is 0.610. The highest BCUT2D eigenvalue weighted by molar-refractivity contribution is 5.90. The third kappa shape index (κ3) is 2.90. The maximum Gasteiger partial charge on any atom is 0.341 e. The number of carboxylic acids is 1. The molecule has 0 aromatic carbocycles. The molecule has 3 N–H and O–H groups in total. The fourth-order valence-corrected chi connectivity index (χ4v) is 0.938. The number of ether oxygens (including phenoxy) is 1. The first-order valence-electron chi connectivity index (χ1n) is 4.25. The summed E-state index contributed by atoms with van der Waals surface area (Å²) in [6, 6.07) is 2.79. The second-order valence-corrected chi connectivity index (χ2v) is 2.77. The summed E-state index contributed by atoms with van der Waals surface area (Å²) in [6.07, 6.45) is 0.506. The van der Waals surface area contributed by atoms with Gasteiger partial charge in [-0.25, -0.2) is 9.78 Å². The van der Waals surface area contributed by atoms with Crippen LogP contribution >= 0.6 is 0 Å². The number of aromatic carboxylic acids is 1. The number of carbonyl (C=O) groups is 1. The van der Waals surface area contributed by atoms with Crippen molar-refractivity contribution < 1.29 is 24.9 Å². The van der Waals surface area contributed by atoms with E-state index in [4.69, 9.17) is 20.1 Å². The van der Waals surface area contributed by atoms with Gasteiger partial charge in [-0.15, -0.1) is 0 Å². The number of carboxylic acid groups (broad SMARTS) is 1. The molecule has 0 atom stereocenters. The van der Waals surface area contributed by atoms with E-state index in [0.29, 0.717) is 0 Å². The summed E-state index contributed by atoms with van der Waals surface area (Å²) in [4.78, 5) is 14.4. The van der Waals surface area contributed by atoms with Crippen LogP contribution in [0.25, 0.3) is 0 Å². The van der Waals surface area contributed by atoms with Crippen LogP contribution in [0.5, 0.6) is 5.88 Å². The standard InChI is InChI=1S/C9H11NO5/c11-4-6(5-12)15-8-7(9(13)14)2-1-3-10-8/h1-3,6,11-12H,4-5H2,(H,13,14). The Morgan fingerprint density at radius 2 is 2.13 bits per heavy atom. The van der Waals surface area contributed by atoms with E-state index in [1.807, 2.05) is 0 Å². The molecule has 0 radical (unpaired) electrons. The van der Waals surface area contributed by atoms with E-state index in [0.717, 1.165) is 0 Å². The van der Waals surface area contributed by atoms with Crippen molar-refractivity contribution in [1.82, 2.24) is 4.98 Å². The lowest BCUT2D eigenvalue weighted by Gasteiger charge is -2.14. The van der Waals surface area contributed by atoms with Crippen LogP contribution in [0.3, 0.4) is 0 Å². The number of hydrogen-bond acceptors (Lipinski definition) is 5. The van der Waals surface area contributed by atoms with Crippen molar-refractivity contribution in [1.29, 1.82) is 0 Å². The van der Waals surface area contributed by atoms with Gasteiger partial charge in [0.15, 0.2) is 0 Å². The van der Waals surface area contributed by atoms with Gasteiger partial charge in [0.25, 0.3) is 0 Å². The lowest BCUT2D eigenvalue weighted by atomic mass is 10.3. The summed E-state index contributed by atoms with van der Waals surface area (Å²) in [5.41, 5.74) is -0.107. The number of nitrogens with zero attached hydrogens (tertiary/aromatic N) is 1. The van der Waals surface area contributed by atoms with Crippen LogP contribution < -0.4 is 4.74 Å². The zero-order chi connectivity index (χ0) is 11.3. The Kier molecular flexibility index (Phi) is 4.02. The number of pyridine rings is 1. The largest absolute Gasteiger partial charge is 0.477 e. The van der Waals surface area contributed by atoms with Crippen molar-refractivity contribution in [3.05, 3.63) is 23.9 Å². The molecule has 82 valence electrons. The first-order chi connectivity index (χ1) is 7.19. The summed E-state index contributed by atoms with van der Waals surface area (Å²) in [5, 5.41) is 26.3. The molecule has 0 unspecified atom stereocenters. The van der Waals surface area contributed by atoms with E-state index in [2.05, 4.69) is 4.98 Å². The zero-order valence-corrected chi connectivity index (χ0v) is 7.83. The number of aromatic nitrogens is 1. The minimum absolute atomic E-state index is 0.107. The molecule has 6 heteroatoms. The summed E-state index contributed by atoms with van der Waals surface area (Å²) in [5.74, 6) is -1.29. The van der Waals surface area contributed by atoms with Crippen LogP contribution in [0.4, 0.5) is 0 Å². The van der Waals surface area contributed by atoms with Crippen molar-refractivity contribution in [2.75, 3.05) is 13.2 Å². The number of aliphatic hydroxyl groups is 2. The normalized spacial score (nSPS) is 10.3. The van der Waals surface area contributed by atoms with E-state index in [1.54, 1.807) is 0 Å². The summed E-state index contributed by atoms with van der Waals surface area (Å²) >= 11 is 0. The van der Waals surface area contributed by atoms with Crippen molar-refractivity contribution >= 4 is 5.97 Å². The molecule has 0 aliphatic carbocycles. The molecule has 1 aromatic rings. The summed E-state index contributed by atoms with van der Waals surface area (Å²) < 4.78 is 5.01. The highest BCUT2D eigenvalue weighted by Gasteiger charge is 2.15. The predicted molar refractivity (Wildman–Crippen MR) is 49.8 cm³/mol. The first-order valence-corrected chi connectivity index (χ1v) is 4.25. The van der Waals surface area contributed by atoms with Gasteiger partial charge in [0.2, 0.25) is 5.88 Å². The van der Waals surface area contributed by atoms with Crippen LogP contribution in [-0.4, -0.2) is 45.6 Å². The molecule has 1 heterocycles. The smallest absolute Gasteiger partial charge is 0.341 e. The maximum atomic E-state index is 10.7. The lowest BCUT2D eigenvalue weighted by Crippen LogP contribution is -2.26. The molecule has 0 aliphatic heterocycles. The SMILES string of the molecule is O=C(O)c1cccnc1OC(CO)CO. The number of rotatable bonds is 5. The zero-order valence-electron chi connectivity index (χ0n) is 7.83. The molecule has 0 spiro atoms. The second kappa shape index (κ2) is 5.28. The average molecular weight is 213 g/mol. The third-order valence-corrected chi connectivity index (χ3v) is 1.69. The highest BCUT2D eigenvalue weighted by atomic mass is 16.5. The predicted octanol–water partition coefficient (Wildman–Crippen LogP) is -0.488. The Morgan fingerprint density at radius 3 is 2.67 bits per heavy atom. The van der Waals surface area contributed by atoms with Gasteiger partial charge >= 0.3 is 5.97 Å². The highest BCUT2D eigenvalue weighted by Crippen LogP contribution is 2.15. The van der Waals surface area contributed by atoms with Gasteiger partial charge in [-0.1, -0.05) is 0 Å². The van der Waals surface area contributed by atoms with Crippen molar-refractivity contribution in [2.24, 2.45) is 0 Å². The molecule has 1 aromatic heterocycles. The maximum absolute atomic E-state index is 10.7. The van der Waals surface area contributed by atoms with Crippen LogP contribution in [0.15, 0.2) is 18.3 Å². The van der Waals surface area contributed by atoms with E-state index in [1.165, 1.54) is 18.3 Å². The summed E-state index contributed by atoms with van der Waals surface area (Å²) in [7, 11) is 0. The Labute approximate surface area is 85.8 Å². The minimum atomic E-state index is -1.17. The topological polar surface area (TPSA) is 99.9 Å². The molecule has 0 saturated carbocycles. The molecule has 1 rings (SSSR count). The molecule has 15 heavy (non-hydrogen) atoms. The molecule has 0 saturated heterocycles. The van der Waals surface area contributed by atoms with Gasteiger partial charge in [-0.3, -0.25) is 0 Å². The van der Waals surface area contributed by atoms with E-state index >= 15 is 0 Å². The van der Waals surface area contributed by atoms with Crippen molar-refractivity contribution in [3.8, 4) is 5.88 Å². The Hall–Kier alpha value is -1.66. The Morgan fingerprint density at radius 1 is 1.47 bits per heavy atom. The molecular weight excluding hydrogens is 202 g/mol. The van der Waals surface area contributed by atoms with Gasteiger partial charge in [0.05, 0.1) is 13.2 Å². The minimum Gasteiger partial charge on any atom is -0.477 e. The van der Waals surface area contributed by atoms with Gasteiger partial charge in [-0.05, 0) is 12.1 Å². The number of hydrogen-bond donors (Lipinski definition) is 3. The summed E-state index contributed by atoms with van der Waals surface area (Å²) in [6.45, 7) is -0.821. The van der Waals surface area contributed by atoms with Crippen molar-refractivity contribution in [2.45, 2.75) is 6.10 Å². The Bertz CT molecular complexity index is 337. The molecular formula is C9H11NO5. The number of aliphatic hydroxyl groups excluding tert-OH is 2. The van der Waals surface area contributed by atoms with Crippen LogP contribution in [0.2, 0.25) is 0 Å².